The van der Waals surface area contributed by atoms with Gasteiger partial charge in [-0.1, -0.05) is 11.6 Å². The van der Waals surface area contributed by atoms with Crippen LogP contribution in [0.2, 0.25) is 5.02 Å². The molecule has 1 saturated heterocycles. The topological polar surface area (TPSA) is 58.2 Å². The molecule has 1 fully saturated rings. The minimum atomic E-state index is -3.44. The maximum absolute atomic E-state index is 12.1. The van der Waals surface area contributed by atoms with E-state index in [4.69, 9.17) is 11.6 Å². The van der Waals surface area contributed by atoms with Crippen molar-refractivity contribution in [2.24, 2.45) is 0 Å². The summed E-state index contributed by atoms with van der Waals surface area (Å²) in [5.74, 6) is 0. The molecule has 0 radical (unpaired) electrons. The molecule has 0 saturated carbocycles. The molecule has 0 spiro atoms. The normalized spacial score (nSPS) is 25.0. The molecule has 1 heterocycles. The van der Waals surface area contributed by atoms with Crippen LogP contribution >= 0.6 is 11.6 Å². The Morgan fingerprint density at radius 1 is 1.33 bits per heavy atom. The van der Waals surface area contributed by atoms with Gasteiger partial charge in [0.1, 0.15) is 0 Å². The molecular formula is C12H17ClN2O2S. The standard InChI is InChI=1S/C12H17ClN2O2S/c1-9-8-11(6-7-14-9)15-18(16,17)12-4-2-10(13)3-5-12/h2-5,9,11,14-15H,6-8H2,1H3. The van der Waals surface area contributed by atoms with Crippen LogP contribution in [0.5, 0.6) is 0 Å². The molecule has 18 heavy (non-hydrogen) atoms. The van der Waals surface area contributed by atoms with Gasteiger partial charge < -0.3 is 5.32 Å². The largest absolute Gasteiger partial charge is 0.314 e. The Balaban J connectivity index is 2.09. The van der Waals surface area contributed by atoms with Gasteiger partial charge in [0.2, 0.25) is 10.0 Å². The van der Waals surface area contributed by atoms with Gasteiger partial charge >= 0.3 is 0 Å². The quantitative estimate of drug-likeness (QED) is 0.891. The van der Waals surface area contributed by atoms with Crippen molar-refractivity contribution in [2.75, 3.05) is 6.54 Å². The molecule has 1 aromatic rings. The van der Waals surface area contributed by atoms with Gasteiger partial charge in [-0.15, -0.1) is 0 Å². The zero-order chi connectivity index (χ0) is 13.2. The molecular weight excluding hydrogens is 272 g/mol. The summed E-state index contributed by atoms with van der Waals surface area (Å²) in [7, 11) is -3.44. The van der Waals surface area contributed by atoms with Crippen molar-refractivity contribution in [3.8, 4) is 0 Å². The van der Waals surface area contributed by atoms with Crippen LogP contribution in [0, 0.1) is 0 Å². The van der Waals surface area contributed by atoms with E-state index < -0.39 is 10.0 Å². The molecule has 6 heteroatoms. The molecule has 0 amide bonds. The number of hydrogen-bond acceptors (Lipinski definition) is 3. The van der Waals surface area contributed by atoms with Crippen molar-refractivity contribution in [3.63, 3.8) is 0 Å². The van der Waals surface area contributed by atoms with Crippen LogP contribution in [0.25, 0.3) is 0 Å². The third-order valence-electron chi connectivity index (χ3n) is 3.07. The lowest BCUT2D eigenvalue weighted by atomic mass is 10.0. The summed E-state index contributed by atoms with van der Waals surface area (Å²) >= 11 is 5.75. The number of hydrogen-bond donors (Lipinski definition) is 2. The van der Waals surface area contributed by atoms with Crippen LogP contribution in [0.1, 0.15) is 19.8 Å². The predicted octanol–water partition coefficient (Wildman–Crippen LogP) is 1.76. The van der Waals surface area contributed by atoms with Gasteiger partial charge in [0, 0.05) is 17.1 Å². The second-order valence-corrected chi connectivity index (χ2v) is 6.80. The lowest BCUT2D eigenvalue weighted by Crippen LogP contribution is -2.46. The SMILES string of the molecule is CC1CC(NS(=O)(=O)c2ccc(Cl)cc2)CCN1. The van der Waals surface area contributed by atoms with Gasteiger partial charge in [-0.3, -0.25) is 0 Å². The van der Waals surface area contributed by atoms with E-state index in [1.165, 1.54) is 12.1 Å². The first-order valence-electron chi connectivity index (χ1n) is 5.98. The highest BCUT2D eigenvalue weighted by molar-refractivity contribution is 7.89. The molecule has 100 valence electrons. The fraction of sp³-hybridized carbons (Fsp3) is 0.500. The lowest BCUT2D eigenvalue weighted by molar-refractivity contribution is 0.361. The zero-order valence-electron chi connectivity index (χ0n) is 10.2. The smallest absolute Gasteiger partial charge is 0.240 e. The lowest BCUT2D eigenvalue weighted by Gasteiger charge is -2.28. The molecule has 2 N–H and O–H groups in total. The van der Waals surface area contributed by atoms with Gasteiger partial charge in [0.05, 0.1) is 4.90 Å². The Hall–Kier alpha value is -0.620. The Kier molecular flexibility index (Phi) is 4.27. The second kappa shape index (κ2) is 5.57. The van der Waals surface area contributed by atoms with Crippen molar-refractivity contribution in [1.82, 2.24) is 10.0 Å². The fourth-order valence-electron chi connectivity index (χ4n) is 2.14. The summed E-state index contributed by atoms with van der Waals surface area (Å²) < 4.78 is 27.0. The fourth-order valence-corrected chi connectivity index (χ4v) is 3.55. The first-order valence-corrected chi connectivity index (χ1v) is 7.85. The molecule has 2 unspecified atom stereocenters. The van der Waals surface area contributed by atoms with Gasteiger partial charge in [-0.05, 0) is 50.6 Å². The molecule has 1 aliphatic heterocycles. The first-order chi connectivity index (χ1) is 8.47. The van der Waals surface area contributed by atoms with Crippen molar-refractivity contribution in [1.29, 1.82) is 0 Å². The summed E-state index contributed by atoms with van der Waals surface area (Å²) in [6.07, 6.45) is 1.63. The third-order valence-corrected chi connectivity index (χ3v) is 4.86. The van der Waals surface area contributed by atoms with Gasteiger partial charge in [-0.2, -0.15) is 0 Å². The summed E-state index contributed by atoms with van der Waals surface area (Å²) in [5, 5.41) is 3.82. The second-order valence-electron chi connectivity index (χ2n) is 4.65. The van der Waals surface area contributed by atoms with Crippen LogP contribution in [0.3, 0.4) is 0 Å². The summed E-state index contributed by atoms with van der Waals surface area (Å²) in [4.78, 5) is 0.262. The zero-order valence-corrected chi connectivity index (χ0v) is 11.8. The Bertz CT molecular complexity index is 501. The van der Waals surface area contributed by atoms with E-state index in [0.29, 0.717) is 11.1 Å². The molecule has 2 atom stereocenters. The summed E-state index contributed by atoms with van der Waals surface area (Å²) in [6, 6.07) is 6.56. The Morgan fingerprint density at radius 2 is 2.00 bits per heavy atom. The Labute approximate surface area is 113 Å². The molecule has 1 aromatic carbocycles. The first kappa shape index (κ1) is 13.8. The van der Waals surface area contributed by atoms with Crippen LogP contribution in [0.4, 0.5) is 0 Å². The molecule has 4 nitrogen and oxygen atoms in total. The monoisotopic (exact) mass is 288 g/mol. The summed E-state index contributed by atoms with van der Waals surface area (Å²) in [6.45, 7) is 2.90. The van der Waals surface area contributed by atoms with Gasteiger partial charge in [-0.25, -0.2) is 13.1 Å². The number of benzene rings is 1. The van der Waals surface area contributed by atoms with E-state index in [2.05, 4.69) is 17.0 Å². The van der Waals surface area contributed by atoms with E-state index in [1.54, 1.807) is 12.1 Å². The number of rotatable bonds is 3. The molecule has 1 aliphatic rings. The third kappa shape index (κ3) is 3.45. The minimum absolute atomic E-state index is 0.00179. The van der Waals surface area contributed by atoms with Crippen LogP contribution < -0.4 is 10.0 Å². The van der Waals surface area contributed by atoms with E-state index in [9.17, 15) is 8.42 Å². The Morgan fingerprint density at radius 3 is 2.61 bits per heavy atom. The van der Waals surface area contributed by atoms with E-state index in [1.807, 2.05) is 0 Å². The maximum Gasteiger partial charge on any atom is 0.240 e. The predicted molar refractivity (Wildman–Crippen MR) is 72.3 cm³/mol. The van der Waals surface area contributed by atoms with Gasteiger partial charge in [0.25, 0.3) is 0 Å². The van der Waals surface area contributed by atoms with E-state index in [-0.39, 0.29) is 10.9 Å². The number of sulfonamides is 1. The molecule has 0 aromatic heterocycles. The molecule has 2 rings (SSSR count). The van der Waals surface area contributed by atoms with Crippen LogP contribution in [-0.4, -0.2) is 27.0 Å². The maximum atomic E-state index is 12.1. The van der Waals surface area contributed by atoms with Crippen molar-refractivity contribution >= 4 is 21.6 Å². The average molecular weight is 289 g/mol. The minimum Gasteiger partial charge on any atom is -0.314 e. The average Bonchev–Trinajstić information content (AvgIpc) is 2.29. The van der Waals surface area contributed by atoms with Crippen LogP contribution in [0.15, 0.2) is 29.2 Å². The van der Waals surface area contributed by atoms with E-state index >= 15 is 0 Å². The van der Waals surface area contributed by atoms with Gasteiger partial charge in [0.15, 0.2) is 0 Å². The van der Waals surface area contributed by atoms with Crippen molar-refractivity contribution < 1.29 is 8.42 Å². The number of nitrogens with one attached hydrogen (secondary N) is 2. The van der Waals surface area contributed by atoms with Crippen LogP contribution in [-0.2, 0) is 10.0 Å². The van der Waals surface area contributed by atoms with E-state index in [0.717, 1.165) is 19.4 Å². The highest BCUT2D eigenvalue weighted by Gasteiger charge is 2.24. The molecule has 0 aliphatic carbocycles. The van der Waals surface area contributed by atoms with Crippen molar-refractivity contribution in [3.05, 3.63) is 29.3 Å². The highest BCUT2D eigenvalue weighted by atomic mass is 35.5. The highest BCUT2D eigenvalue weighted by Crippen LogP contribution is 2.16. The number of halogens is 1. The molecule has 0 bridgehead atoms. The summed E-state index contributed by atoms with van der Waals surface area (Å²) in [5.41, 5.74) is 0. The van der Waals surface area contributed by atoms with Crippen molar-refractivity contribution in [2.45, 2.75) is 36.7 Å². The number of piperidine rings is 1.